The number of nitrogens with one attached hydrogen (secondary N) is 1. The Kier molecular flexibility index (Phi) is 4.92. The van der Waals surface area contributed by atoms with E-state index < -0.39 is 12.1 Å². The maximum Gasteiger partial charge on any atom is 0.335 e. The number of carbonyl (C=O) groups excluding carboxylic acids is 1. The monoisotopic (exact) mass is 265 g/mol. The number of carbonyl (C=O) groups is 2. The number of carboxylic acids is 1. The Balaban J connectivity index is 2.84. The van der Waals surface area contributed by atoms with Gasteiger partial charge in [0.05, 0.1) is 5.56 Å². The molecule has 5 nitrogen and oxygen atoms in total. The summed E-state index contributed by atoms with van der Waals surface area (Å²) in [5.41, 5.74) is 0.922. The van der Waals surface area contributed by atoms with Gasteiger partial charge in [0.25, 0.3) is 5.91 Å². The first kappa shape index (κ1) is 15.0. The first-order valence-electron chi connectivity index (χ1n) is 6.12. The Labute approximate surface area is 112 Å². The van der Waals surface area contributed by atoms with Crippen LogP contribution in [0.1, 0.15) is 36.7 Å². The van der Waals surface area contributed by atoms with Crippen LogP contribution in [-0.2, 0) is 4.79 Å². The van der Waals surface area contributed by atoms with Gasteiger partial charge < -0.3 is 15.2 Å². The van der Waals surface area contributed by atoms with E-state index in [9.17, 15) is 9.59 Å². The Morgan fingerprint density at radius 3 is 2.42 bits per heavy atom. The summed E-state index contributed by atoms with van der Waals surface area (Å²) in [5.74, 6) is -0.842. The summed E-state index contributed by atoms with van der Waals surface area (Å²) in [5, 5.41) is 11.7. The van der Waals surface area contributed by atoms with Gasteiger partial charge in [0.2, 0.25) is 0 Å². The minimum Gasteiger partial charge on any atom is -0.481 e. The lowest BCUT2D eigenvalue weighted by molar-refractivity contribution is -0.127. The van der Waals surface area contributed by atoms with E-state index in [0.717, 1.165) is 5.56 Å². The van der Waals surface area contributed by atoms with Gasteiger partial charge in [-0.2, -0.15) is 0 Å². The quantitative estimate of drug-likeness (QED) is 0.853. The van der Waals surface area contributed by atoms with Crippen LogP contribution in [0.15, 0.2) is 18.2 Å². The molecule has 1 aromatic carbocycles. The van der Waals surface area contributed by atoms with Gasteiger partial charge in [-0.15, -0.1) is 0 Å². The van der Waals surface area contributed by atoms with Crippen molar-refractivity contribution >= 4 is 11.9 Å². The zero-order valence-corrected chi connectivity index (χ0v) is 11.6. The normalized spacial score (nSPS) is 12.1. The van der Waals surface area contributed by atoms with Crippen molar-refractivity contribution in [2.45, 2.75) is 39.8 Å². The van der Waals surface area contributed by atoms with Crippen LogP contribution in [0.25, 0.3) is 0 Å². The topological polar surface area (TPSA) is 75.6 Å². The van der Waals surface area contributed by atoms with E-state index >= 15 is 0 Å². The van der Waals surface area contributed by atoms with E-state index in [2.05, 4.69) is 5.32 Å². The van der Waals surface area contributed by atoms with Gasteiger partial charge in [0.1, 0.15) is 5.75 Å². The molecule has 0 spiro atoms. The number of carboxylic acid groups (broad SMARTS) is 1. The summed E-state index contributed by atoms with van der Waals surface area (Å²) < 4.78 is 5.52. The third-order valence-corrected chi connectivity index (χ3v) is 2.54. The zero-order chi connectivity index (χ0) is 14.6. The number of hydrogen-bond donors (Lipinski definition) is 2. The molecule has 0 radical (unpaired) electrons. The van der Waals surface area contributed by atoms with E-state index in [0.29, 0.717) is 5.75 Å². The highest BCUT2D eigenvalue weighted by Crippen LogP contribution is 2.21. The highest BCUT2D eigenvalue weighted by atomic mass is 16.5. The fourth-order valence-electron chi connectivity index (χ4n) is 1.51. The average molecular weight is 265 g/mol. The lowest BCUT2D eigenvalue weighted by Crippen LogP contribution is -2.40. The fraction of sp³-hybridized carbons (Fsp3) is 0.429. The number of aromatic carboxylic acids is 1. The maximum atomic E-state index is 11.7. The van der Waals surface area contributed by atoms with E-state index in [1.165, 1.54) is 12.1 Å². The number of hydrogen-bond acceptors (Lipinski definition) is 3. The van der Waals surface area contributed by atoms with Crippen LogP contribution >= 0.6 is 0 Å². The molecule has 0 aliphatic carbocycles. The third kappa shape index (κ3) is 4.28. The van der Waals surface area contributed by atoms with Crippen LogP contribution in [-0.4, -0.2) is 29.1 Å². The zero-order valence-electron chi connectivity index (χ0n) is 11.6. The lowest BCUT2D eigenvalue weighted by Gasteiger charge is -2.18. The van der Waals surface area contributed by atoms with Crippen LogP contribution < -0.4 is 10.1 Å². The smallest absolute Gasteiger partial charge is 0.335 e. The number of rotatable bonds is 5. The largest absolute Gasteiger partial charge is 0.481 e. The summed E-state index contributed by atoms with van der Waals surface area (Å²) in [4.78, 5) is 22.6. The highest BCUT2D eigenvalue weighted by Gasteiger charge is 2.17. The molecule has 1 aromatic rings. The standard InChI is InChI=1S/C14H19NO4/c1-8(2)15-13(16)10(4)19-12-7-11(14(17)18)6-5-9(12)3/h5-8,10H,1-4H3,(H,15,16)(H,17,18). The Morgan fingerprint density at radius 1 is 1.26 bits per heavy atom. The predicted octanol–water partition coefficient (Wildman–Crippen LogP) is 1.99. The lowest BCUT2D eigenvalue weighted by atomic mass is 10.1. The summed E-state index contributed by atoms with van der Waals surface area (Å²) in [6.07, 6.45) is -0.676. The van der Waals surface area contributed by atoms with Crippen molar-refractivity contribution in [1.82, 2.24) is 5.32 Å². The molecule has 0 aromatic heterocycles. The second-order valence-electron chi connectivity index (χ2n) is 4.71. The van der Waals surface area contributed by atoms with Crippen molar-refractivity contribution in [2.24, 2.45) is 0 Å². The molecule has 0 saturated heterocycles. The molecule has 5 heteroatoms. The number of benzene rings is 1. The molecule has 0 saturated carbocycles. The summed E-state index contributed by atoms with van der Waals surface area (Å²) in [6, 6.07) is 4.62. The van der Waals surface area contributed by atoms with Crippen molar-refractivity contribution in [3.63, 3.8) is 0 Å². The van der Waals surface area contributed by atoms with Crippen LogP contribution in [0, 0.1) is 6.92 Å². The van der Waals surface area contributed by atoms with Gasteiger partial charge in [-0.3, -0.25) is 4.79 Å². The molecule has 0 bridgehead atoms. The van der Waals surface area contributed by atoms with Gasteiger partial charge >= 0.3 is 5.97 Å². The third-order valence-electron chi connectivity index (χ3n) is 2.54. The van der Waals surface area contributed by atoms with Crippen LogP contribution in [0.2, 0.25) is 0 Å². The van der Waals surface area contributed by atoms with E-state index in [1.54, 1.807) is 19.9 Å². The maximum absolute atomic E-state index is 11.7. The Bertz CT molecular complexity index is 482. The molecule has 104 valence electrons. The van der Waals surface area contributed by atoms with Gasteiger partial charge in [0.15, 0.2) is 6.10 Å². The first-order chi connectivity index (χ1) is 8.81. The van der Waals surface area contributed by atoms with Crippen molar-refractivity contribution < 1.29 is 19.4 Å². The predicted molar refractivity (Wildman–Crippen MR) is 71.5 cm³/mol. The van der Waals surface area contributed by atoms with Crippen molar-refractivity contribution in [2.75, 3.05) is 0 Å². The second-order valence-corrected chi connectivity index (χ2v) is 4.71. The van der Waals surface area contributed by atoms with E-state index in [4.69, 9.17) is 9.84 Å². The number of aryl methyl sites for hydroxylation is 1. The Hall–Kier alpha value is -2.04. The number of amides is 1. The SMILES string of the molecule is Cc1ccc(C(=O)O)cc1OC(C)C(=O)NC(C)C. The van der Waals surface area contributed by atoms with Crippen molar-refractivity contribution in [3.8, 4) is 5.75 Å². The van der Waals surface area contributed by atoms with E-state index in [-0.39, 0.29) is 17.5 Å². The molecule has 1 atom stereocenters. The van der Waals surface area contributed by atoms with Crippen LogP contribution in [0.4, 0.5) is 0 Å². The first-order valence-corrected chi connectivity index (χ1v) is 6.12. The van der Waals surface area contributed by atoms with Gasteiger partial charge in [-0.05, 0) is 45.4 Å². The molecule has 1 rings (SSSR count). The minimum absolute atomic E-state index is 0.0324. The molecule has 0 aliphatic rings. The molecule has 2 N–H and O–H groups in total. The molecule has 19 heavy (non-hydrogen) atoms. The minimum atomic E-state index is -1.02. The van der Waals surface area contributed by atoms with Crippen molar-refractivity contribution in [1.29, 1.82) is 0 Å². The molecule has 0 aliphatic heterocycles. The van der Waals surface area contributed by atoms with Crippen LogP contribution in [0.5, 0.6) is 5.75 Å². The molecule has 1 unspecified atom stereocenters. The van der Waals surface area contributed by atoms with Crippen molar-refractivity contribution in [3.05, 3.63) is 29.3 Å². The van der Waals surface area contributed by atoms with Crippen LogP contribution in [0.3, 0.4) is 0 Å². The summed E-state index contributed by atoms with van der Waals surface area (Å²) in [7, 11) is 0. The van der Waals surface area contributed by atoms with Gasteiger partial charge in [0, 0.05) is 6.04 Å². The molecule has 1 amide bonds. The van der Waals surface area contributed by atoms with Gasteiger partial charge in [-0.25, -0.2) is 4.79 Å². The number of ether oxygens (including phenoxy) is 1. The summed E-state index contributed by atoms with van der Waals surface area (Å²) in [6.45, 7) is 7.15. The summed E-state index contributed by atoms with van der Waals surface area (Å²) >= 11 is 0. The average Bonchev–Trinajstić information content (AvgIpc) is 2.30. The fourth-order valence-corrected chi connectivity index (χ4v) is 1.51. The highest BCUT2D eigenvalue weighted by molar-refractivity contribution is 5.88. The van der Waals surface area contributed by atoms with E-state index in [1.807, 2.05) is 13.8 Å². The molecule has 0 fully saturated rings. The van der Waals surface area contributed by atoms with Gasteiger partial charge in [-0.1, -0.05) is 6.07 Å². The second kappa shape index (κ2) is 6.22. The molecular formula is C14H19NO4. The molecular weight excluding hydrogens is 246 g/mol. The molecule has 0 heterocycles. The Morgan fingerprint density at radius 2 is 1.89 bits per heavy atom.